The van der Waals surface area contributed by atoms with Crippen molar-refractivity contribution in [2.45, 2.75) is 26.1 Å². The van der Waals surface area contributed by atoms with Crippen LogP contribution in [0.15, 0.2) is 36.8 Å². The van der Waals surface area contributed by atoms with Crippen LogP contribution in [0.5, 0.6) is 0 Å². The third kappa shape index (κ3) is 4.24. The molecule has 2 atom stereocenters. The maximum atomic E-state index is 13.0. The molecule has 4 heterocycles. The summed E-state index contributed by atoms with van der Waals surface area (Å²) in [6.07, 6.45) is 4.69. The lowest BCUT2D eigenvalue weighted by atomic mass is 10.2. The van der Waals surface area contributed by atoms with E-state index in [1.165, 1.54) is 14.8 Å². The monoisotopic (exact) mass is 434 g/mol. The molecule has 0 spiro atoms. The second-order valence-corrected chi connectivity index (χ2v) is 9.56. The van der Waals surface area contributed by atoms with E-state index < -0.39 is 10.2 Å². The number of rotatable bonds is 4. The lowest BCUT2D eigenvalue weighted by Gasteiger charge is -2.40. The molecule has 2 aliphatic heterocycles. The van der Waals surface area contributed by atoms with Crippen LogP contribution in [-0.4, -0.2) is 94.1 Å². The summed E-state index contributed by atoms with van der Waals surface area (Å²) >= 11 is 0. The highest BCUT2D eigenvalue weighted by Crippen LogP contribution is 2.19. The quantitative estimate of drug-likeness (QED) is 0.690. The predicted molar refractivity (Wildman–Crippen MR) is 109 cm³/mol. The molecule has 30 heavy (non-hydrogen) atoms. The average Bonchev–Trinajstić information content (AvgIpc) is 3.28. The van der Waals surface area contributed by atoms with Crippen LogP contribution in [-0.2, 0) is 14.9 Å². The highest BCUT2D eigenvalue weighted by atomic mass is 32.2. The Morgan fingerprint density at radius 1 is 1.07 bits per heavy atom. The summed E-state index contributed by atoms with van der Waals surface area (Å²) in [6.45, 7) is 5.67. The third-order valence-corrected chi connectivity index (χ3v) is 7.27. The van der Waals surface area contributed by atoms with Gasteiger partial charge in [0.2, 0.25) is 0 Å². The molecule has 0 aliphatic carbocycles. The van der Waals surface area contributed by atoms with E-state index in [0.29, 0.717) is 37.6 Å². The van der Waals surface area contributed by atoms with Crippen LogP contribution in [0, 0.1) is 0 Å². The molecular formula is C19H26N6O4S. The molecule has 2 unspecified atom stereocenters. The Morgan fingerprint density at radius 2 is 1.77 bits per heavy atom. The minimum Gasteiger partial charge on any atom is -0.373 e. The van der Waals surface area contributed by atoms with Crippen LogP contribution in [0.3, 0.4) is 0 Å². The molecule has 2 saturated heterocycles. The van der Waals surface area contributed by atoms with Crippen LogP contribution >= 0.6 is 0 Å². The number of pyridine rings is 1. The molecule has 162 valence electrons. The molecule has 4 rings (SSSR count). The van der Waals surface area contributed by atoms with E-state index in [4.69, 9.17) is 4.74 Å². The molecular weight excluding hydrogens is 408 g/mol. The number of morpholine rings is 1. The topological polar surface area (TPSA) is 101 Å². The fourth-order valence-electron chi connectivity index (χ4n) is 3.84. The Kier molecular flexibility index (Phi) is 5.87. The van der Waals surface area contributed by atoms with Crippen LogP contribution in [0.2, 0.25) is 0 Å². The fraction of sp³-hybridized carbons (Fsp3) is 0.526. The summed E-state index contributed by atoms with van der Waals surface area (Å²) in [7, 11) is -3.57. The number of piperazine rings is 1. The van der Waals surface area contributed by atoms with Crippen molar-refractivity contribution < 1.29 is 17.9 Å². The van der Waals surface area contributed by atoms with Gasteiger partial charge in [-0.3, -0.25) is 4.79 Å². The number of hydrogen-bond donors (Lipinski definition) is 0. The zero-order valence-electron chi connectivity index (χ0n) is 17.1. The molecule has 10 nitrogen and oxygen atoms in total. The Hall–Kier alpha value is -2.34. The normalized spacial score (nSPS) is 24.1. The molecule has 2 aromatic heterocycles. The number of amides is 1. The number of nitrogens with zero attached hydrogens (tertiary/aromatic N) is 6. The maximum absolute atomic E-state index is 13.0. The lowest BCUT2D eigenvalue weighted by molar-refractivity contribution is -0.0457. The van der Waals surface area contributed by atoms with E-state index in [-0.39, 0.29) is 31.2 Å². The average molecular weight is 435 g/mol. The smallest absolute Gasteiger partial charge is 0.282 e. The lowest BCUT2D eigenvalue weighted by Crippen LogP contribution is -2.57. The van der Waals surface area contributed by atoms with Gasteiger partial charge in [0.1, 0.15) is 0 Å². The van der Waals surface area contributed by atoms with Gasteiger partial charge in [0.15, 0.2) is 5.82 Å². The number of carbonyl (C=O) groups is 1. The standard InChI is InChI=1S/C19H26N6O4S/c1-15-13-24(14-16(2)29-15)30(27,28)23-10-8-22(9-11-23)19(26)17-4-5-18(20-12-17)25-7-3-6-21-25/h3-7,12,15-16H,8-11,13-14H2,1-2H3. The maximum Gasteiger partial charge on any atom is 0.282 e. The third-order valence-electron chi connectivity index (χ3n) is 5.30. The fourth-order valence-corrected chi connectivity index (χ4v) is 5.59. The summed E-state index contributed by atoms with van der Waals surface area (Å²) in [4.78, 5) is 18.8. The van der Waals surface area contributed by atoms with E-state index in [9.17, 15) is 13.2 Å². The molecule has 0 radical (unpaired) electrons. The van der Waals surface area contributed by atoms with E-state index in [0.717, 1.165) is 0 Å². The zero-order chi connectivity index (χ0) is 21.3. The molecule has 2 aromatic rings. The summed E-state index contributed by atoms with van der Waals surface area (Å²) < 4.78 is 36.2. The van der Waals surface area contributed by atoms with Crippen LogP contribution in [0.25, 0.3) is 5.82 Å². The van der Waals surface area contributed by atoms with Gasteiger partial charge in [0, 0.05) is 57.9 Å². The van der Waals surface area contributed by atoms with Gasteiger partial charge in [-0.1, -0.05) is 0 Å². The highest BCUT2D eigenvalue weighted by Gasteiger charge is 2.37. The first-order valence-electron chi connectivity index (χ1n) is 10.0. The molecule has 2 aliphatic rings. The first-order chi connectivity index (χ1) is 14.3. The highest BCUT2D eigenvalue weighted by molar-refractivity contribution is 7.86. The minimum atomic E-state index is -3.57. The first-order valence-corrected chi connectivity index (χ1v) is 11.4. The van der Waals surface area contributed by atoms with Crippen LogP contribution < -0.4 is 0 Å². The Labute approximate surface area is 176 Å². The first kappa shape index (κ1) is 20.9. The van der Waals surface area contributed by atoms with Crippen molar-refractivity contribution in [2.75, 3.05) is 39.3 Å². The number of ether oxygens (including phenoxy) is 1. The molecule has 2 fully saturated rings. The molecule has 1 amide bonds. The molecule has 0 saturated carbocycles. The SMILES string of the molecule is CC1CN(S(=O)(=O)N2CCN(C(=O)c3ccc(-n4cccn4)nc3)CC2)CC(C)O1. The molecule has 11 heteroatoms. The van der Waals surface area contributed by atoms with Gasteiger partial charge in [-0.15, -0.1) is 0 Å². The second-order valence-electron chi connectivity index (χ2n) is 7.63. The van der Waals surface area contributed by atoms with Crippen molar-refractivity contribution in [1.82, 2.24) is 28.3 Å². The number of hydrogen-bond acceptors (Lipinski definition) is 6. The van der Waals surface area contributed by atoms with Crippen molar-refractivity contribution in [3.63, 3.8) is 0 Å². The number of aromatic nitrogens is 3. The van der Waals surface area contributed by atoms with Gasteiger partial charge in [0.25, 0.3) is 16.1 Å². The second kappa shape index (κ2) is 8.42. The summed E-state index contributed by atoms with van der Waals surface area (Å²) in [5.41, 5.74) is 0.470. The molecule has 0 N–H and O–H groups in total. The van der Waals surface area contributed by atoms with Crippen LogP contribution in [0.1, 0.15) is 24.2 Å². The summed E-state index contributed by atoms with van der Waals surface area (Å²) in [5.74, 6) is 0.474. The number of carbonyl (C=O) groups excluding carboxylic acids is 1. The largest absolute Gasteiger partial charge is 0.373 e. The summed E-state index contributed by atoms with van der Waals surface area (Å²) in [6, 6.07) is 5.25. The van der Waals surface area contributed by atoms with Gasteiger partial charge in [-0.2, -0.15) is 22.1 Å². The van der Waals surface area contributed by atoms with E-state index >= 15 is 0 Å². The van der Waals surface area contributed by atoms with Crippen molar-refractivity contribution >= 4 is 16.1 Å². The predicted octanol–water partition coefficient (Wildman–Crippen LogP) is 0.379. The van der Waals surface area contributed by atoms with Crippen LogP contribution in [0.4, 0.5) is 0 Å². The van der Waals surface area contributed by atoms with E-state index in [1.807, 2.05) is 13.8 Å². The van der Waals surface area contributed by atoms with Gasteiger partial charge in [-0.05, 0) is 32.0 Å². The minimum absolute atomic E-state index is 0.136. The van der Waals surface area contributed by atoms with Gasteiger partial charge in [0.05, 0.1) is 17.8 Å². The summed E-state index contributed by atoms with van der Waals surface area (Å²) in [5, 5.41) is 4.11. The van der Waals surface area contributed by atoms with Gasteiger partial charge < -0.3 is 9.64 Å². The van der Waals surface area contributed by atoms with E-state index in [1.54, 1.807) is 40.2 Å². The Morgan fingerprint density at radius 3 is 2.33 bits per heavy atom. The zero-order valence-corrected chi connectivity index (χ0v) is 17.9. The van der Waals surface area contributed by atoms with E-state index in [2.05, 4.69) is 10.1 Å². The molecule has 0 bridgehead atoms. The van der Waals surface area contributed by atoms with Gasteiger partial charge in [-0.25, -0.2) is 9.67 Å². The Bertz CT molecular complexity index is 961. The Balaban J connectivity index is 1.37. The van der Waals surface area contributed by atoms with Crippen molar-refractivity contribution in [3.05, 3.63) is 42.4 Å². The van der Waals surface area contributed by atoms with Crippen molar-refractivity contribution in [2.24, 2.45) is 0 Å². The van der Waals surface area contributed by atoms with Crippen molar-refractivity contribution in [3.8, 4) is 5.82 Å². The van der Waals surface area contributed by atoms with Gasteiger partial charge >= 0.3 is 0 Å². The van der Waals surface area contributed by atoms with Crippen molar-refractivity contribution in [1.29, 1.82) is 0 Å². The molecule has 0 aromatic carbocycles.